The molecule has 1 aliphatic heterocycles. The molecule has 40 heavy (non-hydrogen) atoms. The minimum atomic E-state index is -1.09. The van der Waals surface area contributed by atoms with Crippen molar-refractivity contribution in [3.8, 4) is 11.1 Å². The van der Waals surface area contributed by atoms with Crippen LogP contribution in [0.1, 0.15) is 36.1 Å². The highest BCUT2D eigenvalue weighted by molar-refractivity contribution is 7.98. The van der Waals surface area contributed by atoms with Gasteiger partial charge in [0.25, 0.3) is 0 Å². The summed E-state index contributed by atoms with van der Waals surface area (Å²) in [6, 6.07) is 21.4. The number of fused-ring (bicyclic) bond motifs is 1. The first-order valence-corrected chi connectivity index (χ1v) is 14.5. The lowest BCUT2D eigenvalue weighted by molar-refractivity contribution is -0.138. The van der Waals surface area contributed by atoms with Crippen molar-refractivity contribution in [1.29, 1.82) is 0 Å². The Bertz CT molecular complexity index is 1380. The SMILES string of the molecule is CNC(=O)NCc1ccccc1-c1ccc(CN2Cc3ccc(SC)cc3C[C@@H](NC(=O)C(C)(C)N)C2=O)cc1. The van der Waals surface area contributed by atoms with Gasteiger partial charge in [-0.15, -0.1) is 11.8 Å². The van der Waals surface area contributed by atoms with E-state index in [4.69, 9.17) is 5.73 Å². The highest BCUT2D eigenvalue weighted by Gasteiger charge is 2.33. The highest BCUT2D eigenvalue weighted by atomic mass is 32.2. The first-order valence-electron chi connectivity index (χ1n) is 13.3. The average Bonchev–Trinajstić information content (AvgIpc) is 3.07. The Morgan fingerprint density at radius 3 is 2.45 bits per heavy atom. The molecule has 0 spiro atoms. The van der Waals surface area contributed by atoms with E-state index in [1.54, 1.807) is 37.6 Å². The number of amides is 4. The maximum atomic E-state index is 13.7. The fourth-order valence-electron chi connectivity index (χ4n) is 4.71. The van der Waals surface area contributed by atoms with E-state index < -0.39 is 11.6 Å². The molecule has 1 aliphatic rings. The van der Waals surface area contributed by atoms with Crippen molar-refractivity contribution in [3.63, 3.8) is 0 Å². The molecule has 0 aliphatic carbocycles. The summed E-state index contributed by atoms with van der Waals surface area (Å²) in [6.07, 6.45) is 2.44. The van der Waals surface area contributed by atoms with Gasteiger partial charge in [0, 0.05) is 38.0 Å². The fraction of sp³-hybridized carbons (Fsp3) is 0.323. The van der Waals surface area contributed by atoms with Crippen molar-refractivity contribution in [2.24, 2.45) is 5.73 Å². The van der Waals surface area contributed by atoms with Crippen LogP contribution >= 0.6 is 11.8 Å². The third kappa shape index (κ3) is 7.03. The molecule has 0 aromatic heterocycles. The summed E-state index contributed by atoms with van der Waals surface area (Å²) in [5.74, 6) is -0.488. The van der Waals surface area contributed by atoms with E-state index in [9.17, 15) is 14.4 Å². The molecule has 4 amide bonds. The molecule has 5 N–H and O–H groups in total. The standard InChI is InChI=1S/C31H37N5O3S/c1-31(2,32)29(38)35-27-16-24-15-25(40-4)14-13-23(24)19-36(28(27)37)18-20-9-11-21(12-10-20)26-8-6-5-7-22(26)17-34-30(39)33-3/h5-15,27H,16-19,32H2,1-4H3,(H,35,38)(H2,33,34,39)/t27-/m1/s1. The van der Waals surface area contributed by atoms with E-state index in [1.807, 2.05) is 54.8 Å². The smallest absolute Gasteiger partial charge is 0.314 e. The molecule has 9 heteroatoms. The molecule has 210 valence electrons. The Morgan fingerprint density at radius 2 is 1.77 bits per heavy atom. The van der Waals surface area contributed by atoms with Crippen LogP contribution in [0.4, 0.5) is 4.79 Å². The highest BCUT2D eigenvalue weighted by Crippen LogP contribution is 2.28. The number of nitrogens with one attached hydrogen (secondary N) is 3. The maximum absolute atomic E-state index is 13.7. The fourth-order valence-corrected chi connectivity index (χ4v) is 5.17. The quantitative estimate of drug-likeness (QED) is 0.313. The molecule has 0 saturated heterocycles. The van der Waals surface area contributed by atoms with Gasteiger partial charge in [-0.1, -0.05) is 54.6 Å². The molecule has 3 aromatic carbocycles. The minimum Gasteiger partial charge on any atom is -0.342 e. The van der Waals surface area contributed by atoms with E-state index >= 15 is 0 Å². The number of hydrogen-bond donors (Lipinski definition) is 4. The molecule has 3 aromatic rings. The second kappa shape index (κ2) is 12.6. The van der Waals surface area contributed by atoms with Gasteiger partial charge < -0.3 is 26.6 Å². The number of nitrogens with two attached hydrogens (primary N) is 1. The molecule has 0 bridgehead atoms. The molecule has 0 saturated carbocycles. The van der Waals surface area contributed by atoms with Gasteiger partial charge in [0.15, 0.2) is 0 Å². The van der Waals surface area contributed by atoms with Crippen LogP contribution in [0.5, 0.6) is 0 Å². The van der Waals surface area contributed by atoms with E-state index in [0.29, 0.717) is 26.1 Å². The van der Waals surface area contributed by atoms with E-state index in [0.717, 1.165) is 38.3 Å². The number of urea groups is 1. The van der Waals surface area contributed by atoms with Crippen molar-refractivity contribution >= 4 is 29.6 Å². The van der Waals surface area contributed by atoms with Gasteiger partial charge in [0.2, 0.25) is 11.8 Å². The minimum absolute atomic E-state index is 0.130. The summed E-state index contributed by atoms with van der Waals surface area (Å²) in [7, 11) is 1.59. The van der Waals surface area contributed by atoms with Crippen LogP contribution in [0.15, 0.2) is 71.6 Å². The van der Waals surface area contributed by atoms with E-state index in [1.165, 1.54) is 0 Å². The monoisotopic (exact) mass is 559 g/mol. The maximum Gasteiger partial charge on any atom is 0.314 e. The molecule has 8 nitrogen and oxygen atoms in total. The number of hydrogen-bond acceptors (Lipinski definition) is 5. The van der Waals surface area contributed by atoms with Gasteiger partial charge in [-0.25, -0.2) is 4.79 Å². The van der Waals surface area contributed by atoms with Crippen LogP contribution in [0.2, 0.25) is 0 Å². The molecular weight excluding hydrogens is 522 g/mol. The van der Waals surface area contributed by atoms with Gasteiger partial charge in [-0.3, -0.25) is 9.59 Å². The Balaban J connectivity index is 1.57. The van der Waals surface area contributed by atoms with Crippen LogP contribution in [-0.4, -0.2) is 47.6 Å². The zero-order valence-electron chi connectivity index (χ0n) is 23.4. The van der Waals surface area contributed by atoms with Crippen LogP contribution in [0.25, 0.3) is 11.1 Å². The predicted molar refractivity (Wildman–Crippen MR) is 160 cm³/mol. The largest absolute Gasteiger partial charge is 0.342 e. The third-order valence-corrected chi connectivity index (χ3v) is 7.75. The first kappa shape index (κ1) is 29.2. The number of carbonyl (C=O) groups excluding carboxylic acids is 3. The molecule has 0 fully saturated rings. The number of thioether (sulfide) groups is 1. The summed E-state index contributed by atoms with van der Waals surface area (Å²) >= 11 is 1.65. The zero-order chi connectivity index (χ0) is 28.9. The Morgan fingerprint density at radius 1 is 1.05 bits per heavy atom. The number of rotatable bonds is 8. The van der Waals surface area contributed by atoms with Crippen LogP contribution in [-0.2, 0) is 35.6 Å². The van der Waals surface area contributed by atoms with Crippen molar-refractivity contribution in [2.75, 3.05) is 13.3 Å². The van der Waals surface area contributed by atoms with Gasteiger partial charge in [-0.2, -0.15) is 0 Å². The van der Waals surface area contributed by atoms with Crippen molar-refractivity contribution < 1.29 is 14.4 Å². The number of benzene rings is 3. The second-order valence-electron chi connectivity index (χ2n) is 10.6. The van der Waals surface area contributed by atoms with Gasteiger partial charge in [-0.05, 0) is 65.6 Å². The lowest BCUT2D eigenvalue weighted by atomic mass is 9.98. The van der Waals surface area contributed by atoms with Gasteiger partial charge in [0.05, 0.1) is 5.54 Å². The summed E-state index contributed by atoms with van der Waals surface area (Å²) in [6.45, 7) is 4.53. The van der Waals surface area contributed by atoms with Crippen molar-refractivity contribution in [1.82, 2.24) is 20.9 Å². The molecule has 1 atom stereocenters. The lowest BCUT2D eigenvalue weighted by Crippen LogP contribution is -2.56. The van der Waals surface area contributed by atoms with Crippen LogP contribution in [0, 0.1) is 0 Å². The first-order chi connectivity index (χ1) is 19.1. The number of nitrogens with zero attached hydrogens (tertiary/aromatic N) is 1. The normalized spacial score (nSPS) is 15.2. The zero-order valence-corrected chi connectivity index (χ0v) is 24.2. The van der Waals surface area contributed by atoms with E-state index in [-0.39, 0.29) is 17.8 Å². The summed E-state index contributed by atoms with van der Waals surface area (Å²) in [5.41, 5.74) is 11.1. The van der Waals surface area contributed by atoms with Crippen molar-refractivity contribution in [2.45, 2.75) is 56.4 Å². The molecule has 1 heterocycles. The predicted octanol–water partition coefficient (Wildman–Crippen LogP) is 3.81. The van der Waals surface area contributed by atoms with Crippen LogP contribution < -0.4 is 21.7 Å². The molecule has 4 rings (SSSR count). The Kier molecular flexibility index (Phi) is 9.17. The van der Waals surface area contributed by atoms with Crippen LogP contribution in [0.3, 0.4) is 0 Å². The Labute approximate surface area is 240 Å². The van der Waals surface area contributed by atoms with E-state index in [2.05, 4.69) is 34.1 Å². The van der Waals surface area contributed by atoms with Crippen molar-refractivity contribution in [3.05, 3.63) is 89.0 Å². The summed E-state index contributed by atoms with van der Waals surface area (Å²) < 4.78 is 0. The van der Waals surface area contributed by atoms with Gasteiger partial charge in [0.1, 0.15) is 6.04 Å². The average molecular weight is 560 g/mol. The second-order valence-corrected chi connectivity index (χ2v) is 11.4. The number of carbonyl (C=O) groups is 3. The molecule has 0 unspecified atom stereocenters. The van der Waals surface area contributed by atoms with Gasteiger partial charge >= 0.3 is 6.03 Å². The third-order valence-electron chi connectivity index (χ3n) is 7.02. The summed E-state index contributed by atoms with van der Waals surface area (Å²) in [5, 5.41) is 8.32. The summed E-state index contributed by atoms with van der Waals surface area (Å²) in [4.78, 5) is 41.1. The topological polar surface area (TPSA) is 117 Å². The molecule has 0 radical (unpaired) electrons. The Hall–Kier alpha value is -3.82. The lowest BCUT2D eigenvalue weighted by Gasteiger charge is -2.27. The molecular formula is C31H37N5O3S.